The van der Waals surface area contributed by atoms with Gasteiger partial charge in [-0.3, -0.25) is 14.9 Å². The van der Waals surface area contributed by atoms with Gasteiger partial charge in [-0.15, -0.1) is 0 Å². The third kappa shape index (κ3) is 2.42. The van der Waals surface area contributed by atoms with E-state index in [1.54, 1.807) is 6.07 Å². The molecule has 0 aliphatic rings. The Morgan fingerprint density at radius 2 is 2.00 bits per heavy atom. The van der Waals surface area contributed by atoms with E-state index in [1.165, 1.54) is 32.0 Å². The lowest BCUT2D eigenvalue weighted by molar-refractivity contribution is -0.385. The molecule has 0 heterocycles. The monoisotopic (exact) mass is 238 g/mol. The highest BCUT2D eigenvalue weighted by atomic mass is 16.6. The normalized spacial score (nSPS) is 13.1. The first-order valence-corrected chi connectivity index (χ1v) is 5.00. The van der Waals surface area contributed by atoms with Crippen molar-refractivity contribution in [3.05, 3.63) is 39.9 Å². The number of para-hydroxylation sites is 1. The number of carboxylic acid groups (broad SMARTS) is 1. The minimum Gasteiger partial charge on any atom is -0.481 e. The number of nitrogens with two attached hydrogens (primary N) is 1. The molecule has 1 rings (SSSR count). The van der Waals surface area contributed by atoms with Crippen LogP contribution in [-0.4, -0.2) is 16.0 Å². The van der Waals surface area contributed by atoms with Crippen molar-refractivity contribution in [1.29, 1.82) is 0 Å². The van der Waals surface area contributed by atoms with Crippen molar-refractivity contribution >= 4 is 11.7 Å². The van der Waals surface area contributed by atoms with Crippen LogP contribution >= 0.6 is 0 Å². The molecule has 0 spiro atoms. The fourth-order valence-electron chi connectivity index (χ4n) is 1.44. The van der Waals surface area contributed by atoms with Gasteiger partial charge in [-0.05, 0) is 13.8 Å². The van der Waals surface area contributed by atoms with E-state index in [4.69, 9.17) is 10.8 Å². The first-order chi connectivity index (χ1) is 7.78. The van der Waals surface area contributed by atoms with Crippen molar-refractivity contribution in [2.24, 2.45) is 11.1 Å². The van der Waals surface area contributed by atoms with Crippen LogP contribution in [0.1, 0.15) is 25.5 Å². The van der Waals surface area contributed by atoms with Gasteiger partial charge >= 0.3 is 5.97 Å². The highest BCUT2D eigenvalue weighted by Gasteiger charge is 2.38. The summed E-state index contributed by atoms with van der Waals surface area (Å²) in [5.41, 5.74) is 4.62. The topological polar surface area (TPSA) is 106 Å². The number of hydrogen-bond acceptors (Lipinski definition) is 4. The molecule has 0 aliphatic heterocycles. The van der Waals surface area contributed by atoms with Gasteiger partial charge in [-0.25, -0.2) is 0 Å². The van der Waals surface area contributed by atoms with Crippen molar-refractivity contribution in [3.8, 4) is 0 Å². The zero-order valence-corrected chi connectivity index (χ0v) is 9.58. The van der Waals surface area contributed by atoms with Gasteiger partial charge in [0.25, 0.3) is 5.69 Å². The standard InChI is InChI=1S/C11H14N2O4/c1-11(2,10(14)15)9(12)7-5-3-4-6-8(7)13(16)17/h3-6,9H,12H2,1-2H3,(H,14,15). The van der Waals surface area contributed by atoms with E-state index in [9.17, 15) is 14.9 Å². The number of aliphatic carboxylic acids is 1. The van der Waals surface area contributed by atoms with E-state index in [0.29, 0.717) is 0 Å². The van der Waals surface area contributed by atoms with Crippen LogP contribution in [-0.2, 0) is 4.79 Å². The number of rotatable bonds is 4. The second kappa shape index (κ2) is 4.50. The van der Waals surface area contributed by atoms with Crippen LogP contribution in [0.3, 0.4) is 0 Å². The molecule has 0 radical (unpaired) electrons. The van der Waals surface area contributed by atoms with E-state index in [0.717, 1.165) is 0 Å². The molecule has 0 saturated heterocycles. The van der Waals surface area contributed by atoms with Crippen LogP contribution in [0.4, 0.5) is 5.69 Å². The maximum atomic E-state index is 11.1. The number of carbonyl (C=O) groups is 1. The molecule has 1 aromatic carbocycles. The molecular formula is C11H14N2O4. The van der Waals surface area contributed by atoms with Crippen LogP contribution in [0.15, 0.2) is 24.3 Å². The van der Waals surface area contributed by atoms with Crippen molar-refractivity contribution in [1.82, 2.24) is 0 Å². The van der Waals surface area contributed by atoms with E-state index in [-0.39, 0.29) is 11.3 Å². The quantitative estimate of drug-likeness (QED) is 0.613. The van der Waals surface area contributed by atoms with Gasteiger partial charge in [0.05, 0.1) is 16.4 Å². The van der Waals surface area contributed by atoms with Crippen molar-refractivity contribution in [2.45, 2.75) is 19.9 Å². The van der Waals surface area contributed by atoms with Gasteiger partial charge in [0.1, 0.15) is 0 Å². The molecule has 0 aliphatic carbocycles. The largest absolute Gasteiger partial charge is 0.481 e. The number of hydrogen-bond donors (Lipinski definition) is 2. The first kappa shape index (κ1) is 13.1. The summed E-state index contributed by atoms with van der Waals surface area (Å²) >= 11 is 0. The van der Waals surface area contributed by atoms with Crippen molar-refractivity contribution < 1.29 is 14.8 Å². The maximum Gasteiger partial charge on any atom is 0.311 e. The zero-order valence-electron chi connectivity index (χ0n) is 9.58. The summed E-state index contributed by atoms with van der Waals surface area (Å²) in [5, 5.41) is 19.9. The lowest BCUT2D eigenvalue weighted by Crippen LogP contribution is -2.36. The van der Waals surface area contributed by atoms with Gasteiger partial charge < -0.3 is 10.8 Å². The molecule has 0 aromatic heterocycles. The molecule has 0 fully saturated rings. The van der Waals surface area contributed by atoms with E-state index < -0.39 is 22.3 Å². The lowest BCUT2D eigenvalue weighted by Gasteiger charge is -2.26. The Balaban J connectivity index is 3.26. The zero-order chi connectivity index (χ0) is 13.2. The smallest absolute Gasteiger partial charge is 0.311 e. The highest BCUT2D eigenvalue weighted by Crippen LogP contribution is 2.35. The molecule has 0 bridgehead atoms. The van der Waals surface area contributed by atoms with Gasteiger partial charge in [0.2, 0.25) is 0 Å². The molecule has 6 heteroatoms. The predicted octanol–water partition coefficient (Wildman–Crippen LogP) is 1.71. The summed E-state index contributed by atoms with van der Waals surface area (Å²) in [5.74, 6) is -1.09. The number of benzene rings is 1. The summed E-state index contributed by atoms with van der Waals surface area (Å²) in [7, 11) is 0. The third-order valence-corrected chi connectivity index (χ3v) is 2.80. The van der Waals surface area contributed by atoms with Gasteiger partial charge in [0, 0.05) is 11.6 Å². The Morgan fingerprint density at radius 3 is 2.47 bits per heavy atom. The van der Waals surface area contributed by atoms with Crippen LogP contribution in [0, 0.1) is 15.5 Å². The maximum absolute atomic E-state index is 11.1. The number of nitrogens with zero attached hydrogens (tertiary/aromatic N) is 1. The summed E-state index contributed by atoms with van der Waals surface area (Å²) in [6, 6.07) is 4.96. The molecule has 1 unspecified atom stereocenters. The van der Waals surface area contributed by atoms with Gasteiger partial charge in [0.15, 0.2) is 0 Å². The summed E-state index contributed by atoms with van der Waals surface area (Å²) in [6.07, 6.45) is 0. The molecule has 1 atom stereocenters. The lowest BCUT2D eigenvalue weighted by atomic mass is 9.80. The number of nitro groups is 1. The highest BCUT2D eigenvalue weighted by molar-refractivity contribution is 5.75. The average molecular weight is 238 g/mol. The molecule has 6 nitrogen and oxygen atoms in total. The van der Waals surface area contributed by atoms with Crippen LogP contribution in [0.5, 0.6) is 0 Å². The molecule has 3 N–H and O–H groups in total. The Labute approximate surface area is 98.2 Å². The molecule has 1 aromatic rings. The molecule has 17 heavy (non-hydrogen) atoms. The Hall–Kier alpha value is -1.95. The molecule has 0 amide bonds. The van der Waals surface area contributed by atoms with E-state index in [2.05, 4.69) is 0 Å². The molecular weight excluding hydrogens is 224 g/mol. The van der Waals surface area contributed by atoms with Gasteiger partial charge in [-0.1, -0.05) is 18.2 Å². The van der Waals surface area contributed by atoms with Crippen molar-refractivity contribution in [3.63, 3.8) is 0 Å². The second-order valence-corrected chi connectivity index (χ2v) is 4.32. The second-order valence-electron chi connectivity index (χ2n) is 4.32. The molecule has 0 saturated carbocycles. The van der Waals surface area contributed by atoms with Crippen molar-refractivity contribution in [2.75, 3.05) is 0 Å². The minimum absolute atomic E-state index is 0.158. The summed E-state index contributed by atoms with van der Waals surface area (Å²) in [4.78, 5) is 21.3. The van der Waals surface area contributed by atoms with Crippen LogP contribution < -0.4 is 5.73 Å². The summed E-state index contributed by atoms with van der Waals surface area (Å²) < 4.78 is 0. The van der Waals surface area contributed by atoms with Crippen LogP contribution in [0.2, 0.25) is 0 Å². The average Bonchev–Trinajstić information content (AvgIpc) is 2.27. The fraction of sp³-hybridized carbons (Fsp3) is 0.364. The van der Waals surface area contributed by atoms with E-state index in [1.807, 2.05) is 0 Å². The fourth-order valence-corrected chi connectivity index (χ4v) is 1.44. The predicted molar refractivity (Wildman–Crippen MR) is 61.4 cm³/mol. The minimum atomic E-state index is -1.27. The first-order valence-electron chi connectivity index (χ1n) is 5.00. The molecule has 92 valence electrons. The van der Waals surface area contributed by atoms with E-state index >= 15 is 0 Å². The van der Waals surface area contributed by atoms with Crippen LogP contribution in [0.25, 0.3) is 0 Å². The Bertz CT molecular complexity index is 457. The third-order valence-electron chi connectivity index (χ3n) is 2.80. The number of nitro benzene ring substituents is 1. The SMILES string of the molecule is CC(C)(C(=O)O)C(N)c1ccccc1[N+](=O)[O-]. The summed E-state index contributed by atoms with van der Waals surface area (Å²) in [6.45, 7) is 2.88. The Kier molecular flexibility index (Phi) is 3.47. The van der Waals surface area contributed by atoms with Gasteiger partial charge in [-0.2, -0.15) is 0 Å². The Morgan fingerprint density at radius 1 is 1.47 bits per heavy atom. The number of carboxylic acids is 1.